The minimum atomic E-state index is -2.96. The van der Waals surface area contributed by atoms with Crippen molar-refractivity contribution >= 4 is 17.9 Å². The minimum absolute atomic E-state index is 0.0964. The summed E-state index contributed by atoms with van der Waals surface area (Å²) in [5.41, 5.74) is 5.45. The topological polar surface area (TPSA) is 94.6 Å². The van der Waals surface area contributed by atoms with Crippen LogP contribution in [-0.2, 0) is 4.79 Å². The van der Waals surface area contributed by atoms with Gasteiger partial charge in [0, 0.05) is 18.3 Å². The SMILES string of the molecule is COc1ccnc(NNC(=O)/C=C/c2ccc(OC(F)F)c(OC)c2)n1. The van der Waals surface area contributed by atoms with Gasteiger partial charge in [-0.1, -0.05) is 6.07 Å². The van der Waals surface area contributed by atoms with Crippen LogP contribution >= 0.6 is 0 Å². The molecular weight excluding hydrogens is 350 g/mol. The number of anilines is 1. The molecule has 0 bridgehead atoms. The molecule has 0 atom stereocenters. The molecular formula is C16H16F2N4O4. The number of hydrogen-bond acceptors (Lipinski definition) is 7. The second kappa shape index (κ2) is 9.16. The van der Waals surface area contributed by atoms with E-state index >= 15 is 0 Å². The minimum Gasteiger partial charge on any atom is -0.493 e. The molecule has 1 heterocycles. The molecule has 8 nitrogen and oxygen atoms in total. The van der Waals surface area contributed by atoms with Crippen LogP contribution < -0.4 is 25.1 Å². The van der Waals surface area contributed by atoms with Crippen LogP contribution in [0.2, 0.25) is 0 Å². The molecule has 0 aliphatic carbocycles. The first-order chi connectivity index (χ1) is 12.5. The van der Waals surface area contributed by atoms with Gasteiger partial charge in [-0.25, -0.2) is 4.98 Å². The number of hydrogen-bond donors (Lipinski definition) is 2. The van der Waals surface area contributed by atoms with E-state index < -0.39 is 12.5 Å². The fourth-order valence-electron chi connectivity index (χ4n) is 1.83. The summed E-state index contributed by atoms with van der Waals surface area (Å²) in [4.78, 5) is 19.7. The molecule has 2 aromatic rings. The highest BCUT2D eigenvalue weighted by molar-refractivity contribution is 5.92. The molecule has 1 aromatic carbocycles. The standard InChI is InChI=1S/C16H16F2N4O4/c1-24-12-9-10(3-5-11(12)26-15(17)18)4-6-13(23)21-22-16-19-8-7-14(20-16)25-2/h3-9,15H,1-2H3,(H,21,23)(H,19,20,22)/b6-4+. The molecule has 26 heavy (non-hydrogen) atoms. The van der Waals surface area contributed by atoms with E-state index in [0.29, 0.717) is 11.4 Å². The summed E-state index contributed by atoms with van der Waals surface area (Å²) in [6.07, 6.45) is 4.17. The highest BCUT2D eigenvalue weighted by Crippen LogP contribution is 2.29. The molecule has 1 aromatic heterocycles. The van der Waals surface area contributed by atoms with Gasteiger partial charge in [-0.3, -0.25) is 15.6 Å². The Morgan fingerprint density at radius 2 is 2.00 bits per heavy atom. The van der Waals surface area contributed by atoms with E-state index in [1.807, 2.05) is 0 Å². The third-order valence-electron chi connectivity index (χ3n) is 2.97. The van der Waals surface area contributed by atoms with E-state index in [-0.39, 0.29) is 17.4 Å². The predicted octanol–water partition coefficient (Wildman–Crippen LogP) is 2.25. The van der Waals surface area contributed by atoms with Crippen molar-refractivity contribution < 1.29 is 27.8 Å². The Kier molecular flexibility index (Phi) is 6.66. The van der Waals surface area contributed by atoms with Crippen molar-refractivity contribution in [3.8, 4) is 17.4 Å². The van der Waals surface area contributed by atoms with E-state index in [1.165, 1.54) is 50.8 Å². The lowest BCUT2D eigenvalue weighted by molar-refractivity contribution is -0.116. The zero-order valence-electron chi connectivity index (χ0n) is 13.9. The number of nitrogens with one attached hydrogen (secondary N) is 2. The van der Waals surface area contributed by atoms with Crippen LogP contribution in [0.15, 0.2) is 36.5 Å². The molecule has 0 saturated heterocycles. The third-order valence-corrected chi connectivity index (χ3v) is 2.97. The molecule has 138 valence electrons. The average Bonchev–Trinajstić information content (AvgIpc) is 2.65. The lowest BCUT2D eigenvalue weighted by Crippen LogP contribution is -2.28. The molecule has 2 rings (SSSR count). The number of alkyl halides is 2. The fraction of sp³-hybridized carbons (Fsp3) is 0.188. The zero-order chi connectivity index (χ0) is 18.9. The summed E-state index contributed by atoms with van der Waals surface area (Å²) >= 11 is 0. The molecule has 0 spiro atoms. The zero-order valence-corrected chi connectivity index (χ0v) is 13.9. The molecule has 0 saturated carbocycles. The van der Waals surface area contributed by atoms with Gasteiger partial charge in [0.1, 0.15) is 0 Å². The lowest BCUT2D eigenvalue weighted by atomic mass is 10.2. The number of rotatable bonds is 8. The van der Waals surface area contributed by atoms with Crippen LogP contribution in [-0.4, -0.2) is 36.7 Å². The van der Waals surface area contributed by atoms with Gasteiger partial charge in [-0.05, 0) is 23.8 Å². The first kappa shape index (κ1) is 18.9. The summed E-state index contributed by atoms with van der Waals surface area (Å²) in [5.74, 6) is 0.0340. The molecule has 0 aliphatic heterocycles. The second-order valence-electron chi connectivity index (χ2n) is 4.66. The Bertz CT molecular complexity index is 787. The highest BCUT2D eigenvalue weighted by Gasteiger charge is 2.10. The van der Waals surface area contributed by atoms with Gasteiger partial charge in [0.2, 0.25) is 11.8 Å². The molecule has 0 unspecified atom stereocenters. The summed E-state index contributed by atoms with van der Waals surface area (Å²) < 4.78 is 38.8. The molecule has 10 heteroatoms. The third kappa shape index (κ3) is 5.58. The number of amides is 1. The quantitative estimate of drug-likeness (QED) is 0.547. The van der Waals surface area contributed by atoms with Crippen LogP contribution in [0.3, 0.4) is 0 Å². The lowest BCUT2D eigenvalue weighted by Gasteiger charge is -2.10. The van der Waals surface area contributed by atoms with Crippen LogP contribution in [0, 0.1) is 0 Å². The molecule has 0 aliphatic rings. The number of nitrogens with zero attached hydrogens (tertiary/aromatic N) is 2. The Morgan fingerprint density at radius 3 is 2.69 bits per heavy atom. The van der Waals surface area contributed by atoms with Gasteiger partial charge in [0.15, 0.2) is 11.5 Å². The number of ether oxygens (including phenoxy) is 3. The average molecular weight is 366 g/mol. The number of benzene rings is 1. The largest absolute Gasteiger partial charge is 0.493 e. The van der Waals surface area contributed by atoms with Gasteiger partial charge < -0.3 is 14.2 Å². The molecule has 0 radical (unpaired) electrons. The van der Waals surface area contributed by atoms with E-state index in [0.717, 1.165) is 0 Å². The smallest absolute Gasteiger partial charge is 0.387 e. The Hall–Kier alpha value is -3.43. The van der Waals surface area contributed by atoms with E-state index in [4.69, 9.17) is 9.47 Å². The van der Waals surface area contributed by atoms with Crippen molar-refractivity contribution in [2.75, 3.05) is 19.6 Å². The van der Waals surface area contributed by atoms with Crippen LogP contribution in [0.5, 0.6) is 17.4 Å². The Balaban J connectivity index is 1.96. The first-order valence-corrected chi connectivity index (χ1v) is 7.25. The van der Waals surface area contributed by atoms with Crippen molar-refractivity contribution in [1.29, 1.82) is 0 Å². The van der Waals surface area contributed by atoms with Crippen LogP contribution in [0.1, 0.15) is 5.56 Å². The number of carbonyl (C=O) groups excluding carboxylic acids is 1. The van der Waals surface area contributed by atoms with E-state index in [1.54, 1.807) is 6.07 Å². The Morgan fingerprint density at radius 1 is 1.19 bits per heavy atom. The first-order valence-electron chi connectivity index (χ1n) is 7.25. The van der Waals surface area contributed by atoms with Crippen LogP contribution in [0.25, 0.3) is 6.08 Å². The van der Waals surface area contributed by atoms with Gasteiger partial charge >= 0.3 is 6.61 Å². The van der Waals surface area contributed by atoms with E-state index in [2.05, 4.69) is 25.6 Å². The molecule has 0 fully saturated rings. The monoisotopic (exact) mass is 366 g/mol. The van der Waals surface area contributed by atoms with Crippen molar-refractivity contribution in [3.63, 3.8) is 0 Å². The number of hydrazine groups is 1. The van der Waals surface area contributed by atoms with Crippen LogP contribution in [0.4, 0.5) is 14.7 Å². The van der Waals surface area contributed by atoms with E-state index in [9.17, 15) is 13.6 Å². The summed E-state index contributed by atoms with van der Waals surface area (Å²) in [6.45, 7) is -2.96. The fourth-order valence-corrected chi connectivity index (χ4v) is 1.83. The second-order valence-corrected chi connectivity index (χ2v) is 4.66. The summed E-state index contributed by atoms with van der Waals surface area (Å²) in [7, 11) is 2.78. The molecule has 2 N–H and O–H groups in total. The van der Waals surface area contributed by atoms with Gasteiger partial charge in [0.25, 0.3) is 5.91 Å². The van der Waals surface area contributed by atoms with Crippen molar-refractivity contribution in [1.82, 2.24) is 15.4 Å². The maximum Gasteiger partial charge on any atom is 0.387 e. The normalized spacial score (nSPS) is 10.7. The van der Waals surface area contributed by atoms with Gasteiger partial charge in [0.05, 0.1) is 14.2 Å². The summed E-state index contributed by atoms with van der Waals surface area (Å²) in [6, 6.07) is 5.84. The van der Waals surface area contributed by atoms with Gasteiger partial charge in [-0.2, -0.15) is 13.8 Å². The number of aromatic nitrogens is 2. The highest BCUT2D eigenvalue weighted by atomic mass is 19.3. The number of methoxy groups -OCH3 is 2. The Labute approximate surface area is 147 Å². The maximum absolute atomic E-state index is 12.3. The molecule has 1 amide bonds. The van der Waals surface area contributed by atoms with Crippen molar-refractivity contribution in [2.24, 2.45) is 0 Å². The maximum atomic E-state index is 12.3. The van der Waals surface area contributed by atoms with Crippen molar-refractivity contribution in [2.45, 2.75) is 6.61 Å². The van der Waals surface area contributed by atoms with Crippen molar-refractivity contribution in [3.05, 3.63) is 42.1 Å². The number of halogens is 2. The predicted molar refractivity (Wildman–Crippen MR) is 89.0 cm³/mol. The van der Waals surface area contributed by atoms with Gasteiger partial charge in [-0.15, -0.1) is 0 Å². The summed E-state index contributed by atoms with van der Waals surface area (Å²) in [5, 5.41) is 0. The number of carbonyl (C=O) groups is 1.